The van der Waals surface area contributed by atoms with E-state index in [0.29, 0.717) is 5.02 Å². The van der Waals surface area contributed by atoms with Gasteiger partial charge in [-0.1, -0.05) is 29.8 Å². The highest BCUT2D eigenvalue weighted by molar-refractivity contribution is 6.31. The molecule has 0 bridgehead atoms. The number of carboxylic acids is 1. The Bertz CT molecular complexity index is 434. The van der Waals surface area contributed by atoms with Crippen molar-refractivity contribution in [1.82, 2.24) is 4.90 Å². The van der Waals surface area contributed by atoms with Crippen LogP contribution in [0.3, 0.4) is 0 Å². The highest BCUT2D eigenvalue weighted by Crippen LogP contribution is 2.26. The van der Waals surface area contributed by atoms with Gasteiger partial charge in [-0.3, -0.25) is 9.59 Å². The van der Waals surface area contributed by atoms with Crippen LogP contribution in [-0.4, -0.2) is 28.9 Å². The Balaban J connectivity index is 2.83. The van der Waals surface area contributed by atoms with Crippen LogP contribution in [0.15, 0.2) is 24.3 Å². The summed E-state index contributed by atoms with van der Waals surface area (Å²) in [4.78, 5) is 23.4. The van der Waals surface area contributed by atoms with Gasteiger partial charge in [0.15, 0.2) is 0 Å². The van der Waals surface area contributed by atoms with Crippen LogP contribution in [0.5, 0.6) is 0 Å². The second-order valence-electron chi connectivity index (χ2n) is 3.77. The van der Waals surface area contributed by atoms with E-state index in [9.17, 15) is 9.59 Å². The van der Waals surface area contributed by atoms with Crippen molar-refractivity contribution in [2.75, 3.05) is 7.05 Å². The zero-order chi connectivity index (χ0) is 13.0. The smallest absolute Gasteiger partial charge is 0.312 e. The normalized spacial score (nSPS) is 11.9. The van der Waals surface area contributed by atoms with Crippen LogP contribution in [0, 0.1) is 0 Å². The molecule has 4 nitrogen and oxygen atoms in total. The maximum atomic E-state index is 11.6. The van der Waals surface area contributed by atoms with Crippen molar-refractivity contribution in [1.29, 1.82) is 0 Å². The van der Waals surface area contributed by atoms with Gasteiger partial charge in [-0.25, -0.2) is 0 Å². The summed E-state index contributed by atoms with van der Waals surface area (Å²) in [6.07, 6.45) is -0.509. The minimum absolute atomic E-state index is 0.254. The fraction of sp³-hybridized carbons (Fsp3) is 0.333. The molecule has 1 unspecified atom stereocenters. The van der Waals surface area contributed by atoms with Crippen LogP contribution >= 0.6 is 11.6 Å². The summed E-state index contributed by atoms with van der Waals surface area (Å²) in [5.41, 5.74) is 0.801. The summed E-state index contributed by atoms with van der Waals surface area (Å²) < 4.78 is 0. The van der Waals surface area contributed by atoms with E-state index < -0.39 is 18.3 Å². The highest BCUT2D eigenvalue weighted by Gasteiger charge is 2.20. The molecule has 0 saturated carbocycles. The molecule has 0 radical (unpaired) electrons. The van der Waals surface area contributed by atoms with Crippen LogP contribution in [0.2, 0.25) is 5.02 Å². The van der Waals surface area contributed by atoms with Gasteiger partial charge in [0.1, 0.15) is 6.42 Å². The molecule has 0 heterocycles. The summed E-state index contributed by atoms with van der Waals surface area (Å²) in [6.45, 7) is 1.81. The molecule has 1 aromatic carbocycles. The second kappa shape index (κ2) is 5.68. The fourth-order valence-electron chi connectivity index (χ4n) is 1.49. The van der Waals surface area contributed by atoms with Gasteiger partial charge in [0.2, 0.25) is 5.91 Å². The van der Waals surface area contributed by atoms with Gasteiger partial charge in [0.05, 0.1) is 6.04 Å². The number of benzene rings is 1. The molecule has 92 valence electrons. The Hall–Kier alpha value is -1.55. The van der Waals surface area contributed by atoms with Crippen LogP contribution < -0.4 is 0 Å². The van der Waals surface area contributed by atoms with E-state index in [4.69, 9.17) is 16.7 Å². The van der Waals surface area contributed by atoms with Gasteiger partial charge in [0, 0.05) is 12.1 Å². The van der Waals surface area contributed by atoms with Crippen LogP contribution in [0.1, 0.15) is 24.9 Å². The lowest BCUT2D eigenvalue weighted by Crippen LogP contribution is -2.31. The zero-order valence-electron chi connectivity index (χ0n) is 9.68. The van der Waals surface area contributed by atoms with E-state index in [1.54, 1.807) is 26.1 Å². The summed E-state index contributed by atoms with van der Waals surface area (Å²) in [7, 11) is 1.57. The molecular formula is C12H14ClNO3. The molecule has 1 N–H and O–H groups in total. The molecular weight excluding hydrogens is 242 g/mol. The van der Waals surface area contributed by atoms with E-state index in [2.05, 4.69) is 0 Å². The molecule has 1 rings (SSSR count). The first-order valence-corrected chi connectivity index (χ1v) is 5.53. The monoisotopic (exact) mass is 255 g/mol. The maximum absolute atomic E-state index is 11.6. The van der Waals surface area contributed by atoms with E-state index in [1.165, 1.54) is 4.90 Å². The van der Waals surface area contributed by atoms with Crippen LogP contribution in [-0.2, 0) is 9.59 Å². The third-order valence-electron chi connectivity index (χ3n) is 2.63. The number of hydrogen-bond donors (Lipinski definition) is 1. The predicted octanol–water partition coefficient (Wildman–Crippen LogP) is 2.33. The van der Waals surface area contributed by atoms with Gasteiger partial charge in [-0.2, -0.15) is 0 Å². The first-order valence-electron chi connectivity index (χ1n) is 5.15. The van der Waals surface area contributed by atoms with Gasteiger partial charge >= 0.3 is 5.97 Å². The number of hydrogen-bond acceptors (Lipinski definition) is 2. The molecule has 1 amide bonds. The molecule has 0 saturated heterocycles. The van der Waals surface area contributed by atoms with E-state index in [1.807, 2.05) is 12.1 Å². The third-order valence-corrected chi connectivity index (χ3v) is 2.98. The minimum Gasteiger partial charge on any atom is -0.481 e. The summed E-state index contributed by atoms with van der Waals surface area (Å²) >= 11 is 6.02. The summed E-state index contributed by atoms with van der Waals surface area (Å²) in [5.74, 6) is -1.57. The Kier molecular flexibility index (Phi) is 4.52. The van der Waals surface area contributed by atoms with Gasteiger partial charge in [-0.05, 0) is 18.6 Å². The standard InChI is InChI=1S/C12H14ClNO3/c1-8(9-5-3-4-6-10(9)13)14(2)11(15)7-12(16)17/h3-6,8H,7H2,1-2H3,(H,16,17). The average Bonchev–Trinajstić information content (AvgIpc) is 2.27. The molecule has 1 aromatic rings. The first-order chi connectivity index (χ1) is 7.93. The Morgan fingerprint density at radius 3 is 2.53 bits per heavy atom. The number of rotatable bonds is 4. The van der Waals surface area contributed by atoms with Crippen molar-refractivity contribution >= 4 is 23.5 Å². The van der Waals surface area contributed by atoms with Gasteiger partial charge < -0.3 is 10.0 Å². The minimum atomic E-state index is -1.13. The number of amides is 1. The first kappa shape index (κ1) is 13.5. The lowest BCUT2D eigenvalue weighted by atomic mass is 10.1. The SMILES string of the molecule is CC(c1ccccc1Cl)N(C)C(=O)CC(=O)O. The zero-order valence-corrected chi connectivity index (χ0v) is 10.4. The Morgan fingerprint density at radius 1 is 1.41 bits per heavy atom. The number of carbonyl (C=O) groups excluding carboxylic acids is 1. The maximum Gasteiger partial charge on any atom is 0.312 e. The Labute approximate surface area is 105 Å². The van der Waals surface area contributed by atoms with E-state index >= 15 is 0 Å². The lowest BCUT2D eigenvalue weighted by Gasteiger charge is -2.25. The quantitative estimate of drug-likeness (QED) is 0.840. The highest BCUT2D eigenvalue weighted by atomic mass is 35.5. The topological polar surface area (TPSA) is 57.6 Å². The predicted molar refractivity (Wildman–Crippen MR) is 64.9 cm³/mol. The molecule has 0 aliphatic carbocycles. The van der Waals surface area contributed by atoms with Crippen LogP contribution in [0.25, 0.3) is 0 Å². The molecule has 5 heteroatoms. The molecule has 0 spiro atoms. The van der Waals surface area contributed by atoms with Crippen molar-refractivity contribution in [3.63, 3.8) is 0 Å². The number of halogens is 1. The molecule has 0 aromatic heterocycles. The van der Waals surface area contributed by atoms with Crippen molar-refractivity contribution in [2.45, 2.75) is 19.4 Å². The van der Waals surface area contributed by atoms with E-state index in [-0.39, 0.29) is 6.04 Å². The lowest BCUT2D eigenvalue weighted by molar-refractivity contribution is -0.144. The van der Waals surface area contributed by atoms with Crippen molar-refractivity contribution in [2.24, 2.45) is 0 Å². The number of carbonyl (C=O) groups is 2. The fourth-order valence-corrected chi connectivity index (χ4v) is 1.79. The van der Waals surface area contributed by atoms with E-state index in [0.717, 1.165) is 5.56 Å². The summed E-state index contributed by atoms with van der Waals surface area (Å²) in [6, 6.07) is 6.93. The Morgan fingerprint density at radius 2 is 2.00 bits per heavy atom. The number of aliphatic carboxylic acids is 1. The van der Waals surface area contributed by atoms with Gasteiger partial charge in [-0.15, -0.1) is 0 Å². The van der Waals surface area contributed by atoms with Gasteiger partial charge in [0.25, 0.3) is 0 Å². The molecule has 0 aliphatic heterocycles. The van der Waals surface area contributed by atoms with Crippen molar-refractivity contribution in [3.05, 3.63) is 34.9 Å². The number of nitrogens with zero attached hydrogens (tertiary/aromatic N) is 1. The largest absolute Gasteiger partial charge is 0.481 e. The summed E-state index contributed by atoms with van der Waals surface area (Å²) in [5, 5.41) is 9.13. The molecule has 1 atom stereocenters. The molecule has 17 heavy (non-hydrogen) atoms. The average molecular weight is 256 g/mol. The van der Waals surface area contributed by atoms with Crippen molar-refractivity contribution in [3.8, 4) is 0 Å². The number of carboxylic acid groups (broad SMARTS) is 1. The van der Waals surface area contributed by atoms with Crippen molar-refractivity contribution < 1.29 is 14.7 Å². The second-order valence-corrected chi connectivity index (χ2v) is 4.18. The third kappa shape index (κ3) is 3.46. The molecule has 0 aliphatic rings. The molecule has 0 fully saturated rings. The van der Waals surface area contributed by atoms with Crippen LogP contribution in [0.4, 0.5) is 0 Å².